The number of likely N-dealkylation sites (tertiary alicyclic amines) is 1. The lowest BCUT2D eigenvalue weighted by Gasteiger charge is -2.36. The molecule has 192 valence electrons. The summed E-state index contributed by atoms with van der Waals surface area (Å²) in [6, 6.07) is 3.44. The van der Waals surface area contributed by atoms with Crippen LogP contribution in [0, 0.1) is 19.8 Å². The van der Waals surface area contributed by atoms with Crippen molar-refractivity contribution < 1.29 is 22.7 Å². The number of aryl methyl sites for hydroxylation is 2. The Hall–Kier alpha value is -1.72. The van der Waals surface area contributed by atoms with Gasteiger partial charge in [-0.15, -0.1) is 0 Å². The Labute approximate surface area is 204 Å². The zero-order valence-corrected chi connectivity index (χ0v) is 21.8. The van der Waals surface area contributed by atoms with Crippen LogP contribution in [0.4, 0.5) is 0 Å². The van der Waals surface area contributed by atoms with Crippen molar-refractivity contribution in [3.63, 3.8) is 0 Å². The normalized spacial score (nSPS) is 18.4. The lowest BCUT2D eigenvalue weighted by Crippen LogP contribution is -2.47. The van der Waals surface area contributed by atoms with Crippen LogP contribution in [0.2, 0.25) is 0 Å². The van der Waals surface area contributed by atoms with Gasteiger partial charge < -0.3 is 24.6 Å². The van der Waals surface area contributed by atoms with Gasteiger partial charge in [0.25, 0.3) is 0 Å². The number of hydrogen-bond acceptors (Lipinski definition) is 7. The Bertz CT molecular complexity index is 902. The number of nitrogens with zero attached hydrogens (tertiary/aromatic N) is 3. The lowest BCUT2D eigenvalue weighted by molar-refractivity contribution is -0.137. The van der Waals surface area contributed by atoms with Crippen LogP contribution in [0.1, 0.15) is 24.0 Å². The van der Waals surface area contributed by atoms with Crippen molar-refractivity contribution in [1.29, 1.82) is 0 Å². The molecule has 1 aromatic carbocycles. The first-order chi connectivity index (χ1) is 16.2. The van der Waals surface area contributed by atoms with Crippen molar-refractivity contribution >= 4 is 15.9 Å². The maximum absolute atomic E-state index is 13.1. The molecule has 2 heterocycles. The van der Waals surface area contributed by atoms with E-state index >= 15 is 0 Å². The number of benzene rings is 1. The van der Waals surface area contributed by atoms with Gasteiger partial charge >= 0.3 is 0 Å². The Balaban J connectivity index is 1.40. The van der Waals surface area contributed by atoms with Crippen molar-refractivity contribution in [2.45, 2.75) is 31.6 Å². The van der Waals surface area contributed by atoms with E-state index in [1.54, 1.807) is 33.1 Å². The SMILES string of the molecule is COc1cc(C)c(S(=O)(=O)N(C)CCOCC(=O)N2CCC(CN3CCNCC3)CC2)c(C)c1. The number of piperidine rings is 1. The Morgan fingerprint density at radius 3 is 2.32 bits per heavy atom. The van der Waals surface area contributed by atoms with Crippen molar-refractivity contribution in [3.8, 4) is 5.75 Å². The smallest absolute Gasteiger partial charge is 0.248 e. The minimum Gasteiger partial charge on any atom is -0.497 e. The highest BCUT2D eigenvalue weighted by molar-refractivity contribution is 7.89. The third-order valence-electron chi connectivity index (χ3n) is 6.81. The first-order valence-corrected chi connectivity index (χ1v) is 13.6. The summed E-state index contributed by atoms with van der Waals surface area (Å²) in [4.78, 5) is 17.2. The van der Waals surface area contributed by atoms with Gasteiger partial charge in [-0.05, 0) is 55.9 Å². The van der Waals surface area contributed by atoms with Crippen LogP contribution in [-0.2, 0) is 19.6 Å². The number of nitrogens with one attached hydrogen (secondary N) is 1. The van der Waals surface area contributed by atoms with Gasteiger partial charge in [0, 0.05) is 59.4 Å². The van der Waals surface area contributed by atoms with E-state index in [0.717, 1.165) is 58.7 Å². The summed E-state index contributed by atoms with van der Waals surface area (Å²) >= 11 is 0. The van der Waals surface area contributed by atoms with Crippen molar-refractivity contribution in [3.05, 3.63) is 23.3 Å². The second kappa shape index (κ2) is 12.3. The molecule has 1 amide bonds. The average molecular weight is 497 g/mol. The molecule has 2 aliphatic rings. The number of methoxy groups -OCH3 is 1. The number of rotatable bonds is 10. The van der Waals surface area contributed by atoms with Crippen molar-refractivity contribution in [2.75, 3.05) is 79.7 Å². The second-order valence-corrected chi connectivity index (χ2v) is 11.3. The molecule has 0 aromatic heterocycles. The fourth-order valence-electron chi connectivity index (χ4n) is 4.78. The molecule has 0 bridgehead atoms. The summed E-state index contributed by atoms with van der Waals surface area (Å²) in [6.45, 7) is 10.8. The second-order valence-electron chi connectivity index (χ2n) is 9.34. The summed E-state index contributed by atoms with van der Waals surface area (Å²) in [6.07, 6.45) is 2.05. The van der Waals surface area contributed by atoms with Gasteiger partial charge in [0.2, 0.25) is 15.9 Å². The summed E-state index contributed by atoms with van der Waals surface area (Å²) in [5.41, 5.74) is 1.28. The molecular formula is C24H40N4O5S. The van der Waals surface area contributed by atoms with Crippen LogP contribution in [0.5, 0.6) is 5.75 Å². The zero-order chi connectivity index (χ0) is 24.7. The Morgan fingerprint density at radius 2 is 1.74 bits per heavy atom. The molecule has 2 fully saturated rings. The zero-order valence-electron chi connectivity index (χ0n) is 21.0. The van der Waals surface area contributed by atoms with Gasteiger partial charge in [-0.3, -0.25) is 4.79 Å². The number of likely N-dealkylation sites (N-methyl/N-ethyl adjacent to an activating group) is 1. The molecule has 0 saturated carbocycles. The summed E-state index contributed by atoms with van der Waals surface area (Å²) in [5, 5.41) is 3.38. The average Bonchev–Trinajstić information content (AvgIpc) is 2.82. The highest BCUT2D eigenvalue weighted by Gasteiger charge is 2.27. The molecule has 3 rings (SSSR count). The minimum atomic E-state index is -3.67. The molecule has 10 heteroatoms. The lowest BCUT2D eigenvalue weighted by atomic mass is 9.96. The van der Waals surface area contributed by atoms with Gasteiger partial charge in [0.05, 0.1) is 18.6 Å². The molecule has 0 radical (unpaired) electrons. The van der Waals surface area contributed by atoms with Gasteiger partial charge in [-0.2, -0.15) is 4.31 Å². The van der Waals surface area contributed by atoms with E-state index in [9.17, 15) is 13.2 Å². The predicted octanol–water partition coefficient (Wildman–Crippen LogP) is 1.09. The van der Waals surface area contributed by atoms with E-state index in [-0.39, 0.29) is 30.6 Å². The van der Waals surface area contributed by atoms with E-state index in [1.807, 2.05) is 4.90 Å². The van der Waals surface area contributed by atoms with E-state index in [2.05, 4.69) is 10.2 Å². The minimum absolute atomic E-state index is 0.0169. The third kappa shape index (κ3) is 6.91. The number of carbonyl (C=O) groups is 1. The molecule has 0 unspecified atom stereocenters. The first kappa shape index (κ1) is 26.9. The van der Waals surface area contributed by atoms with Gasteiger partial charge in [-0.1, -0.05) is 0 Å². The number of ether oxygens (including phenoxy) is 2. The van der Waals surface area contributed by atoms with Crippen LogP contribution in [0.15, 0.2) is 17.0 Å². The maximum Gasteiger partial charge on any atom is 0.248 e. The van der Waals surface area contributed by atoms with Crippen LogP contribution < -0.4 is 10.1 Å². The first-order valence-electron chi connectivity index (χ1n) is 12.1. The topological polar surface area (TPSA) is 91.4 Å². The van der Waals surface area contributed by atoms with Crippen LogP contribution >= 0.6 is 0 Å². The molecule has 1 aromatic rings. The number of hydrogen-bond donors (Lipinski definition) is 1. The molecule has 2 saturated heterocycles. The van der Waals surface area contributed by atoms with Gasteiger partial charge in [0.15, 0.2) is 0 Å². The molecule has 34 heavy (non-hydrogen) atoms. The van der Waals surface area contributed by atoms with Gasteiger partial charge in [0.1, 0.15) is 12.4 Å². The van der Waals surface area contributed by atoms with Crippen LogP contribution in [-0.4, -0.2) is 108 Å². The standard InChI is InChI=1S/C24H40N4O5S/c1-19-15-22(32-4)16-20(2)24(19)34(30,31)26(3)13-14-33-18-23(29)28-9-5-21(6-10-28)17-27-11-7-25-8-12-27/h15-16,21,25H,5-14,17-18H2,1-4H3. The Kier molecular flexibility index (Phi) is 9.73. The van der Waals surface area contributed by atoms with Gasteiger partial charge in [-0.25, -0.2) is 8.42 Å². The number of carbonyl (C=O) groups excluding carboxylic acids is 1. The van der Waals surface area contributed by atoms with E-state index < -0.39 is 10.0 Å². The Morgan fingerprint density at radius 1 is 1.12 bits per heavy atom. The molecule has 0 aliphatic carbocycles. The van der Waals surface area contributed by atoms with E-state index in [1.165, 1.54) is 11.4 Å². The molecule has 0 spiro atoms. The van der Waals surface area contributed by atoms with E-state index in [0.29, 0.717) is 22.8 Å². The summed E-state index contributed by atoms with van der Waals surface area (Å²) in [5.74, 6) is 1.26. The number of sulfonamides is 1. The molecule has 9 nitrogen and oxygen atoms in total. The molecule has 1 N–H and O–H groups in total. The number of amides is 1. The largest absolute Gasteiger partial charge is 0.497 e. The maximum atomic E-state index is 13.1. The fraction of sp³-hybridized carbons (Fsp3) is 0.708. The fourth-order valence-corrected chi connectivity index (χ4v) is 6.34. The highest BCUT2D eigenvalue weighted by Crippen LogP contribution is 2.27. The quantitative estimate of drug-likeness (QED) is 0.485. The molecule has 0 atom stereocenters. The third-order valence-corrected chi connectivity index (χ3v) is 8.97. The summed E-state index contributed by atoms with van der Waals surface area (Å²) < 4.78 is 38.2. The van der Waals surface area contributed by atoms with Crippen LogP contribution in [0.3, 0.4) is 0 Å². The monoisotopic (exact) mass is 496 g/mol. The van der Waals surface area contributed by atoms with Crippen LogP contribution in [0.25, 0.3) is 0 Å². The molecular weight excluding hydrogens is 456 g/mol. The summed E-state index contributed by atoms with van der Waals surface area (Å²) in [7, 11) is -0.577. The van der Waals surface area contributed by atoms with Crippen molar-refractivity contribution in [1.82, 2.24) is 19.4 Å². The number of piperazine rings is 1. The highest BCUT2D eigenvalue weighted by atomic mass is 32.2. The van der Waals surface area contributed by atoms with E-state index in [4.69, 9.17) is 9.47 Å². The predicted molar refractivity (Wildman–Crippen MR) is 132 cm³/mol. The van der Waals surface area contributed by atoms with Crippen molar-refractivity contribution in [2.24, 2.45) is 5.92 Å². The molecule has 2 aliphatic heterocycles.